The molecule has 31 heavy (non-hydrogen) atoms. The van der Waals surface area contributed by atoms with Gasteiger partial charge in [-0.15, -0.1) is 0 Å². The molecule has 2 N–H and O–H groups in total. The van der Waals surface area contributed by atoms with Gasteiger partial charge >= 0.3 is 5.97 Å². The van der Waals surface area contributed by atoms with E-state index in [4.69, 9.17) is 35.3 Å². The molecular formula is C20H18ClN3O7. The van der Waals surface area contributed by atoms with E-state index >= 15 is 0 Å². The van der Waals surface area contributed by atoms with Crippen molar-refractivity contribution in [3.63, 3.8) is 0 Å². The summed E-state index contributed by atoms with van der Waals surface area (Å²) in [7, 11) is 1.30. The molecule has 0 radical (unpaired) electrons. The van der Waals surface area contributed by atoms with Gasteiger partial charge in [0.2, 0.25) is 5.88 Å². The van der Waals surface area contributed by atoms with Gasteiger partial charge in [-0.05, 0) is 24.3 Å². The summed E-state index contributed by atoms with van der Waals surface area (Å²) in [6.45, 7) is 0.493. The second-order valence-corrected chi connectivity index (χ2v) is 7.54. The fourth-order valence-corrected chi connectivity index (χ4v) is 3.80. The van der Waals surface area contributed by atoms with Crippen molar-refractivity contribution in [2.24, 2.45) is 0 Å². The fraction of sp³-hybridized carbons (Fsp3) is 0.350. The number of hydrogen-bond donors (Lipinski definition) is 2. The number of pyridine rings is 1. The highest BCUT2D eigenvalue weighted by Crippen LogP contribution is 2.33. The molecule has 0 amide bonds. The minimum absolute atomic E-state index is 0.126. The zero-order chi connectivity index (χ0) is 21.5. The van der Waals surface area contributed by atoms with E-state index in [0.717, 1.165) is 0 Å². The first kappa shape index (κ1) is 20.0. The van der Waals surface area contributed by atoms with E-state index in [1.165, 1.54) is 13.2 Å². The second kappa shape index (κ2) is 7.97. The molecule has 2 fully saturated rings. The van der Waals surface area contributed by atoms with Crippen LogP contribution in [0.3, 0.4) is 0 Å². The highest BCUT2D eigenvalue weighted by Gasteiger charge is 2.48. The van der Waals surface area contributed by atoms with Gasteiger partial charge in [0.05, 0.1) is 31.4 Å². The van der Waals surface area contributed by atoms with Crippen molar-refractivity contribution >= 4 is 28.7 Å². The number of benzene rings is 1. The maximum atomic E-state index is 11.7. The summed E-state index contributed by atoms with van der Waals surface area (Å²) in [4.78, 5) is 23.4. The Morgan fingerprint density at radius 3 is 2.90 bits per heavy atom. The quantitative estimate of drug-likeness (QED) is 0.565. The zero-order valence-electron chi connectivity index (χ0n) is 16.3. The zero-order valence-corrected chi connectivity index (χ0v) is 17.0. The summed E-state index contributed by atoms with van der Waals surface area (Å²) >= 11 is 6.32. The Hall–Kier alpha value is -2.92. The molecule has 0 bridgehead atoms. The summed E-state index contributed by atoms with van der Waals surface area (Å²) in [6, 6.07) is 8.31. The molecule has 5 rings (SSSR count). The van der Waals surface area contributed by atoms with E-state index in [9.17, 15) is 9.90 Å². The molecule has 2 aliphatic rings. The lowest BCUT2D eigenvalue weighted by Crippen LogP contribution is -2.34. The number of aromatic amines is 1. The third kappa shape index (κ3) is 3.79. The lowest BCUT2D eigenvalue weighted by molar-refractivity contribution is 0.00706. The van der Waals surface area contributed by atoms with Crippen molar-refractivity contribution in [2.45, 2.75) is 24.4 Å². The maximum Gasteiger partial charge on any atom is 0.337 e. The van der Waals surface area contributed by atoms with E-state index in [1.54, 1.807) is 24.3 Å². The number of carbonyl (C=O) groups excluding carboxylic acids is 1. The number of hydrogen-bond acceptors (Lipinski definition) is 9. The predicted molar refractivity (Wildman–Crippen MR) is 107 cm³/mol. The van der Waals surface area contributed by atoms with Gasteiger partial charge in [0, 0.05) is 0 Å². The van der Waals surface area contributed by atoms with E-state index in [1.807, 2.05) is 0 Å². The lowest BCUT2D eigenvalue weighted by Gasteiger charge is -2.15. The maximum absolute atomic E-state index is 11.7. The van der Waals surface area contributed by atoms with Gasteiger partial charge in [0.1, 0.15) is 29.1 Å². The third-order valence-electron chi connectivity index (χ3n) is 5.09. The average Bonchev–Trinajstić information content (AvgIpc) is 3.45. The van der Waals surface area contributed by atoms with Crippen LogP contribution < -0.4 is 9.47 Å². The molecule has 10 nitrogen and oxygen atoms in total. The van der Waals surface area contributed by atoms with Gasteiger partial charge in [-0.3, -0.25) is 0 Å². The van der Waals surface area contributed by atoms with Crippen LogP contribution in [0.1, 0.15) is 10.4 Å². The number of aromatic nitrogens is 3. The minimum atomic E-state index is -0.660. The average molecular weight is 448 g/mol. The SMILES string of the molecule is COC(=O)c1cccc(Oc2nc3nc(O[C@@H]4COC5[C@H](O)CO[C@@H]54)[nH]c3cc2Cl)c1. The number of fused-ring (bicyclic) bond motifs is 2. The number of nitrogens with one attached hydrogen (secondary N) is 1. The van der Waals surface area contributed by atoms with Crippen LogP contribution in [0.15, 0.2) is 30.3 Å². The van der Waals surface area contributed by atoms with E-state index < -0.39 is 24.3 Å². The van der Waals surface area contributed by atoms with E-state index in [0.29, 0.717) is 22.5 Å². The van der Waals surface area contributed by atoms with Crippen molar-refractivity contribution in [3.8, 4) is 17.6 Å². The summed E-state index contributed by atoms with van der Waals surface area (Å²) in [5.74, 6) is 0.0152. The Morgan fingerprint density at radius 2 is 2.06 bits per heavy atom. The smallest absolute Gasteiger partial charge is 0.337 e. The number of imidazole rings is 1. The number of esters is 1. The van der Waals surface area contributed by atoms with Crippen LogP contribution in [0, 0.1) is 0 Å². The summed E-state index contributed by atoms with van der Waals surface area (Å²) in [6.07, 6.45) is -1.83. The number of carbonyl (C=O) groups is 1. The first-order chi connectivity index (χ1) is 15.0. The molecule has 0 spiro atoms. The summed E-state index contributed by atoms with van der Waals surface area (Å²) in [5, 5.41) is 10.1. The molecule has 162 valence electrons. The van der Waals surface area contributed by atoms with Crippen molar-refractivity contribution < 1.29 is 33.6 Å². The molecule has 1 unspecified atom stereocenters. The van der Waals surface area contributed by atoms with Gasteiger partial charge in [-0.25, -0.2) is 4.79 Å². The molecule has 2 aromatic heterocycles. The molecule has 11 heteroatoms. The third-order valence-corrected chi connectivity index (χ3v) is 5.36. The van der Waals surface area contributed by atoms with E-state index in [-0.39, 0.29) is 36.2 Å². The first-order valence-electron chi connectivity index (χ1n) is 9.52. The Bertz CT molecular complexity index is 1140. The van der Waals surface area contributed by atoms with Gasteiger partial charge in [-0.1, -0.05) is 17.7 Å². The van der Waals surface area contributed by atoms with E-state index in [2.05, 4.69) is 15.0 Å². The van der Waals surface area contributed by atoms with Crippen molar-refractivity contribution in [1.82, 2.24) is 15.0 Å². The molecular weight excluding hydrogens is 430 g/mol. The summed E-state index contributed by atoms with van der Waals surface area (Å²) in [5.41, 5.74) is 1.23. The normalized spacial score (nSPS) is 24.9. The monoisotopic (exact) mass is 447 g/mol. The Labute approximate surface area is 181 Å². The van der Waals surface area contributed by atoms with Crippen LogP contribution in [-0.2, 0) is 14.2 Å². The number of aliphatic hydroxyl groups is 1. The summed E-state index contributed by atoms with van der Waals surface area (Å²) < 4.78 is 27.5. The molecule has 0 aliphatic carbocycles. The predicted octanol–water partition coefficient (Wildman–Crippen LogP) is 2.10. The van der Waals surface area contributed by atoms with Crippen molar-refractivity contribution in [2.75, 3.05) is 20.3 Å². The van der Waals surface area contributed by atoms with Gasteiger partial charge in [0.15, 0.2) is 11.8 Å². The standard InChI is InChI=1S/C20H18ClN3O7/c1-27-19(26)9-3-2-4-10(5-9)30-18-11(21)6-12-17(23-18)24-20(22-12)31-14-8-29-15-13(25)7-28-16(14)15/h2-6,13-16,25H,7-8H2,1H3,(H,22,23,24)/t13-,14-,15?,16-/m1/s1. The molecule has 1 aromatic carbocycles. The van der Waals surface area contributed by atoms with Crippen molar-refractivity contribution in [1.29, 1.82) is 0 Å². The topological polar surface area (TPSA) is 125 Å². The van der Waals surface area contributed by atoms with Crippen LogP contribution in [-0.4, -0.2) is 70.8 Å². The lowest BCUT2D eigenvalue weighted by atomic mass is 10.1. The number of halogens is 1. The van der Waals surface area contributed by atoms with Gasteiger partial charge in [-0.2, -0.15) is 9.97 Å². The minimum Gasteiger partial charge on any atom is -0.465 e. The molecule has 4 heterocycles. The molecule has 4 atom stereocenters. The highest BCUT2D eigenvalue weighted by molar-refractivity contribution is 6.32. The molecule has 0 saturated carbocycles. The van der Waals surface area contributed by atoms with Gasteiger partial charge < -0.3 is 33.8 Å². The van der Waals surface area contributed by atoms with Gasteiger partial charge in [0.25, 0.3) is 6.01 Å². The largest absolute Gasteiger partial charge is 0.465 e. The Balaban J connectivity index is 1.36. The second-order valence-electron chi connectivity index (χ2n) is 7.13. The first-order valence-corrected chi connectivity index (χ1v) is 9.90. The highest BCUT2D eigenvalue weighted by atomic mass is 35.5. The number of nitrogens with zero attached hydrogens (tertiary/aromatic N) is 2. The number of H-pyrrole nitrogens is 1. The molecule has 3 aromatic rings. The van der Waals surface area contributed by atoms with Crippen LogP contribution in [0.2, 0.25) is 5.02 Å². The van der Waals surface area contributed by atoms with Crippen LogP contribution in [0.4, 0.5) is 0 Å². The number of rotatable bonds is 5. The van der Waals surface area contributed by atoms with Crippen LogP contribution in [0.25, 0.3) is 11.2 Å². The number of ether oxygens (including phenoxy) is 5. The Kier molecular flexibility index (Phi) is 5.14. The van der Waals surface area contributed by atoms with Crippen LogP contribution >= 0.6 is 11.6 Å². The number of methoxy groups -OCH3 is 1. The molecule has 2 aliphatic heterocycles. The van der Waals surface area contributed by atoms with Crippen molar-refractivity contribution in [3.05, 3.63) is 40.9 Å². The van der Waals surface area contributed by atoms with Crippen LogP contribution in [0.5, 0.6) is 17.6 Å². The Morgan fingerprint density at radius 1 is 1.23 bits per heavy atom. The molecule has 2 saturated heterocycles. The fourth-order valence-electron chi connectivity index (χ4n) is 3.61. The number of aliphatic hydroxyl groups excluding tert-OH is 1.